The molecule has 6 heteroatoms. The summed E-state index contributed by atoms with van der Waals surface area (Å²) < 4.78 is 11.4. The van der Waals surface area contributed by atoms with Crippen molar-refractivity contribution < 1.29 is 9.47 Å². The van der Waals surface area contributed by atoms with Gasteiger partial charge in [0.05, 0.1) is 13.2 Å². The number of ether oxygens (including phenoxy) is 2. The summed E-state index contributed by atoms with van der Waals surface area (Å²) in [5.41, 5.74) is 3.69. The molecule has 0 aromatic heterocycles. The monoisotopic (exact) mass is 422 g/mol. The van der Waals surface area contributed by atoms with Crippen molar-refractivity contribution in [3.63, 3.8) is 0 Å². The number of anilines is 1. The molecule has 0 spiro atoms. The fraction of sp³-hybridized carbons (Fsp3) is 0.400. The molecule has 6 nitrogen and oxygen atoms in total. The Hall–Kier alpha value is -3.15. The van der Waals surface area contributed by atoms with Crippen molar-refractivity contribution in [1.29, 1.82) is 0 Å². The highest BCUT2D eigenvalue weighted by atomic mass is 16.5. The summed E-state index contributed by atoms with van der Waals surface area (Å²) in [6, 6.07) is 14.8. The van der Waals surface area contributed by atoms with Gasteiger partial charge in [-0.1, -0.05) is 30.4 Å². The van der Waals surface area contributed by atoms with E-state index >= 15 is 0 Å². The smallest absolute Gasteiger partial charge is 0.191 e. The van der Waals surface area contributed by atoms with E-state index in [9.17, 15) is 0 Å². The number of nitrogens with one attached hydrogen (secondary N) is 2. The highest BCUT2D eigenvalue weighted by molar-refractivity contribution is 5.79. The van der Waals surface area contributed by atoms with Crippen LogP contribution in [0.1, 0.15) is 25.0 Å². The SMILES string of the molecule is CCOc1ccc(CCNC(=NC)NCc2cccc(N3CC=CC3)c2)cc1OCC. The highest BCUT2D eigenvalue weighted by Crippen LogP contribution is 2.28. The first-order chi connectivity index (χ1) is 15.2. The molecule has 1 heterocycles. The zero-order valence-corrected chi connectivity index (χ0v) is 18.9. The predicted molar refractivity (Wildman–Crippen MR) is 128 cm³/mol. The van der Waals surface area contributed by atoms with Crippen molar-refractivity contribution in [2.45, 2.75) is 26.8 Å². The maximum atomic E-state index is 5.72. The van der Waals surface area contributed by atoms with Crippen molar-refractivity contribution in [3.8, 4) is 11.5 Å². The fourth-order valence-electron chi connectivity index (χ4n) is 3.53. The molecule has 0 amide bonds. The van der Waals surface area contributed by atoms with E-state index in [0.29, 0.717) is 13.2 Å². The number of rotatable bonds is 10. The van der Waals surface area contributed by atoms with Crippen molar-refractivity contribution >= 4 is 11.6 Å². The Morgan fingerprint density at radius 1 is 0.935 bits per heavy atom. The highest BCUT2D eigenvalue weighted by Gasteiger charge is 2.09. The lowest BCUT2D eigenvalue weighted by Gasteiger charge is -2.19. The predicted octanol–water partition coefficient (Wildman–Crippen LogP) is 3.77. The number of guanidine groups is 1. The Bertz CT molecular complexity index is 887. The van der Waals surface area contributed by atoms with Crippen LogP contribution in [-0.2, 0) is 13.0 Å². The van der Waals surface area contributed by atoms with Crippen molar-refractivity contribution in [2.75, 3.05) is 44.8 Å². The normalized spacial score (nSPS) is 13.4. The van der Waals surface area contributed by atoms with Gasteiger partial charge in [0.15, 0.2) is 17.5 Å². The first kappa shape index (κ1) is 22.5. The van der Waals surface area contributed by atoms with E-state index in [1.807, 2.05) is 19.9 Å². The lowest BCUT2D eigenvalue weighted by molar-refractivity contribution is 0.287. The van der Waals surface area contributed by atoms with Gasteiger partial charge < -0.3 is 25.0 Å². The summed E-state index contributed by atoms with van der Waals surface area (Å²) in [4.78, 5) is 6.70. The fourth-order valence-corrected chi connectivity index (χ4v) is 3.53. The van der Waals surface area contributed by atoms with Crippen LogP contribution in [0.3, 0.4) is 0 Å². The van der Waals surface area contributed by atoms with Gasteiger partial charge in [-0.3, -0.25) is 4.99 Å². The third kappa shape index (κ3) is 6.67. The second-order valence-electron chi connectivity index (χ2n) is 7.30. The average molecular weight is 423 g/mol. The molecule has 0 aliphatic carbocycles. The standard InChI is InChI=1S/C25H34N4O2/c1-4-30-23-12-11-20(18-24(23)31-5-2)13-14-27-25(26-3)28-19-21-9-8-10-22(17-21)29-15-6-7-16-29/h6-12,17-18H,4-5,13-16,19H2,1-3H3,(H2,26,27,28). The molecule has 2 aromatic carbocycles. The number of aliphatic imine (C=N–C) groups is 1. The van der Waals surface area contributed by atoms with Gasteiger partial charge in [-0.25, -0.2) is 0 Å². The van der Waals surface area contributed by atoms with Gasteiger partial charge in [0, 0.05) is 38.9 Å². The van der Waals surface area contributed by atoms with E-state index in [0.717, 1.165) is 50.1 Å². The molecule has 1 aliphatic heterocycles. The molecule has 31 heavy (non-hydrogen) atoms. The lowest BCUT2D eigenvalue weighted by atomic mass is 10.1. The summed E-state index contributed by atoms with van der Waals surface area (Å²) in [6.45, 7) is 8.68. The Labute approximate surface area is 186 Å². The molecule has 0 saturated carbocycles. The van der Waals surface area contributed by atoms with Crippen molar-refractivity contribution in [3.05, 3.63) is 65.7 Å². The quantitative estimate of drug-likeness (QED) is 0.347. The number of benzene rings is 2. The minimum Gasteiger partial charge on any atom is -0.490 e. The van der Waals surface area contributed by atoms with Crippen LogP contribution in [0.15, 0.2) is 59.6 Å². The Morgan fingerprint density at radius 2 is 1.71 bits per heavy atom. The van der Waals surface area contributed by atoms with Crippen LogP contribution in [0.4, 0.5) is 5.69 Å². The second kappa shape index (κ2) is 11.9. The summed E-state index contributed by atoms with van der Waals surface area (Å²) in [5, 5.41) is 6.80. The third-order valence-corrected chi connectivity index (χ3v) is 5.09. The van der Waals surface area contributed by atoms with Crippen molar-refractivity contribution in [1.82, 2.24) is 10.6 Å². The van der Waals surface area contributed by atoms with Gasteiger partial charge in [0.25, 0.3) is 0 Å². The summed E-state index contributed by atoms with van der Waals surface area (Å²) in [5.74, 6) is 2.40. The molecule has 2 aromatic rings. The zero-order valence-electron chi connectivity index (χ0n) is 18.9. The maximum Gasteiger partial charge on any atom is 0.191 e. The van der Waals surface area contributed by atoms with Crippen LogP contribution in [-0.4, -0.2) is 45.9 Å². The van der Waals surface area contributed by atoms with Gasteiger partial charge >= 0.3 is 0 Å². The van der Waals surface area contributed by atoms with Crippen LogP contribution in [0.5, 0.6) is 11.5 Å². The maximum absolute atomic E-state index is 5.72. The van der Waals surface area contributed by atoms with Gasteiger partial charge in [0.2, 0.25) is 0 Å². The van der Waals surface area contributed by atoms with Crippen LogP contribution >= 0.6 is 0 Å². The zero-order chi connectivity index (χ0) is 21.9. The van der Waals surface area contributed by atoms with Gasteiger partial charge in [-0.2, -0.15) is 0 Å². The summed E-state index contributed by atoms with van der Waals surface area (Å²) in [6.07, 6.45) is 5.28. The second-order valence-corrected chi connectivity index (χ2v) is 7.30. The molecular weight excluding hydrogens is 388 g/mol. The number of hydrogen-bond donors (Lipinski definition) is 2. The van der Waals surface area contributed by atoms with Crippen LogP contribution in [0.2, 0.25) is 0 Å². The average Bonchev–Trinajstić information content (AvgIpc) is 3.33. The molecule has 0 fully saturated rings. The van der Waals surface area contributed by atoms with E-state index in [2.05, 4.69) is 69.1 Å². The molecule has 2 N–H and O–H groups in total. The van der Waals surface area contributed by atoms with E-state index in [-0.39, 0.29) is 0 Å². The van der Waals surface area contributed by atoms with Crippen LogP contribution < -0.4 is 25.0 Å². The van der Waals surface area contributed by atoms with E-state index in [4.69, 9.17) is 9.47 Å². The minimum atomic E-state index is 0.619. The van der Waals surface area contributed by atoms with Crippen LogP contribution in [0.25, 0.3) is 0 Å². The van der Waals surface area contributed by atoms with E-state index < -0.39 is 0 Å². The Morgan fingerprint density at radius 3 is 2.45 bits per heavy atom. The molecule has 1 aliphatic rings. The first-order valence-corrected chi connectivity index (χ1v) is 11.1. The topological polar surface area (TPSA) is 58.1 Å². The molecule has 0 radical (unpaired) electrons. The summed E-state index contributed by atoms with van der Waals surface area (Å²) >= 11 is 0. The molecule has 0 unspecified atom stereocenters. The van der Waals surface area contributed by atoms with Gasteiger partial charge in [-0.05, 0) is 55.7 Å². The van der Waals surface area contributed by atoms with Crippen molar-refractivity contribution in [2.24, 2.45) is 4.99 Å². The molecule has 3 rings (SSSR count). The molecular formula is C25H34N4O2. The van der Waals surface area contributed by atoms with Crippen LogP contribution in [0, 0.1) is 0 Å². The first-order valence-electron chi connectivity index (χ1n) is 11.1. The molecule has 166 valence electrons. The number of hydrogen-bond acceptors (Lipinski definition) is 4. The summed E-state index contributed by atoms with van der Waals surface area (Å²) in [7, 11) is 1.80. The minimum absolute atomic E-state index is 0.619. The molecule has 0 saturated heterocycles. The van der Waals surface area contributed by atoms with E-state index in [1.165, 1.54) is 16.8 Å². The number of nitrogens with zero attached hydrogens (tertiary/aromatic N) is 2. The molecule has 0 bridgehead atoms. The van der Waals surface area contributed by atoms with E-state index in [1.54, 1.807) is 7.05 Å². The Kier molecular flexibility index (Phi) is 8.64. The lowest BCUT2D eigenvalue weighted by Crippen LogP contribution is -2.37. The van der Waals surface area contributed by atoms with Gasteiger partial charge in [-0.15, -0.1) is 0 Å². The largest absolute Gasteiger partial charge is 0.490 e. The Balaban J connectivity index is 1.49. The van der Waals surface area contributed by atoms with Gasteiger partial charge in [0.1, 0.15) is 0 Å². The molecule has 0 atom stereocenters. The third-order valence-electron chi connectivity index (χ3n) is 5.09.